The van der Waals surface area contributed by atoms with Crippen LogP contribution in [0.5, 0.6) is 0 Å². The molecule has 0 aromatic heterocycles. The van der Waals surface area contributed by atoms with E-state index in [2.05, 4.69) is 20.7 Å². The van der Waals surface area contributed by atoms with Crippen molar-refractivity contribution in [3.8, 4) is 0 Å². The Morgan fingerprint density at radius 2 is 1.62 bits per heavy atom. The highest BCUT2D eigenvalue weighted by Crippen LogP contribution is 2.31. The van der Waals surface area contributed by atoms with E-state index in [4.69, 9.17) is 5.14 Å². The van der Waals surface area contributed by atoms with Crippen molar-refractivity contribution in [1.29, 1.82) is 0 Å². The fourth-order valence-electron chi connectivity index (χ4n) is 1.97. The summed E-state index contributed by atoms with van der Waals surface area (Å²) in [6.45, 7) is 0. The highest BCUT2D eigenvalue weighted by molar-refractivity contribution is 9.10. The van der Waals surface area contributed by atoms with Gasteiger partial charge in [0.05, 0.1) is 27.4 Å². The minimum atomic E-state index is -4.17. The van der Waals surface area contributed by atoms with Gasteiger partial charge in [-0.15, -0.1) is 0 Å². The maximum Gasteiger partial charge on any atom is 0.339 e. The van der Waals surface area contributed by atoms with Gasteiger partial charge in [0.15, 0.2) is 0 Å². The van der Waals surface area contributed by atoms with Gasteiger partial charge in [-0.3, -0.25) is 0 Å². The molecular weight excluding hydrogens is 422 g/mol. The van der Waals surface area contributed by atoms with Crippen LogP contribution in [0.15, 0.2) is 61.6 Å². The van der Waals surface area contributed by atoms with Crippen molar-refractivity contribution < 1.29 is 26.4 Å². The Morgan fingerprint density at radius 1 is 1.04 bits per heavy atom. The number of sulfone groups is 1. The number of nitrogens with two attached hydrogens (primary N) is 1. The van der Waals surface area contributed by atoms with E-state index < -0.39 is 36.3 Å². The van der Waals surface area contributed by atoms with E-state index in [1.165, 1.54) is 24.3 Å². The number of halogens is 1. The van der Waals surface area contributed by atoms with Gasteiger partial charge in [-0.2, -0.15) is 0 Å². The third kappa shape index (κ3) is 3.51. The molecule has 0 unspecified atom stereocenters. The van der Waals surface area contributed by atoms with Crippen molar-refractivity contribution >= 4 is 41.8 Å². The largest absolute Gasteiger partial charge is 0.465 e. The molecule has 0 bridgehead atoms. The first kappa shape index (κ1) is 18.6. The summed E-state index contributed by atoms with van der Waals surface area (Å²) in [5, 5.41) is 5.08. The van der Waals surface area contributed by atoms with Gasteiger partial charge in [0, 0.05) is 4.47 Å². The molecule has 0 spiro atoms. The van der Waals surface area contributed by atoms with Gasteiger partial charge in [0.2, 0.25) is 19.9 Å². The molecule has 0 fully saturated rings. The molecule has 0 saturated heterocycles. The summed E-state index contributed by atoms with van der Waals surface area (Å²) in [6, 6.07) is 9.31. The molecule has 0 aliphatic heterocycles. The maximum atomic E-state index is 12.8. The number of sulfonamides is 1. The van der Waals surface area contributed by atoms with E-state index in [1.807, 2.05) is 0 Å². The fraction of sp³-hybridized carbons (Fsp3) is 0.0714. The molecule has 24 heavy (non-hydrogen) atoms. The predicted octanol–water partition coefficient (Wildman–Crippen LogP) is 1.72. The Morgan fingerprint density at radius 3 is 2.12 bits per heavy atom. The number of hydrogen-bond acceptors (Lipinski definition) is 6. The van der Waals surface area contributed by atoms with Crippen LogP contribution in [0.3, 0.4) is 0 Å². The van der Waals surface area contributed by atoms with Gasteiger partial charge >= 0.3 is 5.97 Å². The molecule has 0 heterocycles. The van der Waals surface area contributed by atoms with Crippen LogP contribution >= 0.6 is 15.9 Å². The number of hydrogen-bond donors (Lipinski definition) is 1. The second-order valence-electron chi connectivity index (χ2n) is 4.63. The molecule has 2 aromatic carbocycles. The highest BCUT2D eigenvalue weighted by atomic mass is 79.9. The number of esters is 1. The Bertz CT molecular complexity index is 1000. The lowest BCUT2D eigenvalue weighted by Crippen LogP contribution is -2.17. The van der Waals surface area contributed by atoms with Crippen LogP contribution in [-0.2, 0) is 24.6 Å². The quantitative estimate of drug-likeness (QED) is 0.732. The minimum absolute atomic E-state index is 0.0505. The molecule has 10 heteroatoms. The number of rotatable bonds is 4. The van der Waals surface area contributed by atoms with Gasteiger partial charge in [-0.05, 0) is 40.2 Å². The molecular formula is C14H12BrNO6S2. The SMILES string of the molecule is COC(=O)c1cc(S(N)(=O)=O)c(Br)cc1S(=O)(=O)c1ccccc1. The number of benzene rings is 2. The molecule has 0 aliphatic rings. The zero-order chi connectivity index (χ0) is 18.1. The third-order valence-corrected chi connectivity index (χ3v) is 6.77. The standard InChI is InChI=1S/C14H12BrNO6S2/c1-22-14(17)10-7-13(24(16,20)21)11(15)8-12(10)23(18,19)9-5-3-2-4-6-9/h2-8H,1H3,(H2,16,20,21). The van der Waals surface area contributed by atoms with Crippen LogP contribution in [0.4, 0.5) is 0 Å². The average molecular weight is 434 g/mol. The second kappa shape index (κ2) is 6.63. The zero-order valence-electron chi connectivity index (χ0n) is 12.3. The van der Waals surface area contributed by atoms with E-state index in [0.29, 0.717) is 0 Å². The maximum absolute atomic E-state index is 12.8. The van der Waals surface area contributed by atoms with E-state index in [-0.39, 0.29) is 14.3 Å². The molecule has 2 N–H and O–H groups in total. The van der Waals surface area contributed by atoms with Gasteiger partial charge < -0.3 is 4.74 Å². The average Bonchev–Trinajstić information content (AvgIpc) is 2.53. The first-order valence-electron chi connectivity index (χ1n) is 6.34. The summed E-state index contributed by atoms with van der Waals surface area (Å²) >= 11 is 2.98. The fourth-order valence-corrected chi connectivity index (χ4v) is 5.23. The Kier molecular flexibility index (Phi) is 5.14. The van der Waals surface area contributed by atoms with Crippen LogP contribution in [0.2, 0.25) is 0 Å². The number of ether oxygens (including phenoxy) is 1. The van der Waals surface area contributed by atoms with Gasteiger partial charge in [0.1, 0.15) is 0 Å². The lowest BCUT2D eigenvalue weighted by atomic mass is 10.2. The van der Waals surface area contributed by atoms with Crippen LogP contribution < -0.4 is 5.14 Å². The third-order valence-electron chi connectivity index (χ3n) is 3.09. The first-order chi connectivity index (χ1) is 11.1. The Labute approximate surface area is 147 Å². The van der Waals surface area contributed by atoms with Crippen LogP contribution in [0.1, 0.15) is 10.4 Å². The molecule has 128 valence electrons. The number of carbonyl (C=O) groups is 1. The zero-order valence-corrected chi connectivity index (χ0v) is 15.5. The molecule has 2 aromatic rings. The summed E-state index contributed by atoms with van der Waals surface area (Å²) in [5.74, 6) is -0.998. The van der Waals surface area contributed by atoms with Crippen molar-refractivity contribution in [3.05, 3.63) is 52.5 Å². The summed E-state index contributed by atoms with van der Waals surface area (Å²) in [4.78, 5) is 11.1. The lowest BCUT2D eigenvalue weighted by molar-refractivity contribution is 0.0596. The smallest absolute Gasteiger partial charge is 0.339 e. The number of methoxy groups -OCH3 is 1. The van der Waals surface area contributed by atoms with Crippen LogP contribution in [0, 0.1) is 0 Å². The molecule has 0 amide bonds. The van der Waals surface area contributed by atoms with E-state index in [9.17, 15) is 21.6 Å². The minimum Gasteiger partial charge on any atom is -0.465 e. The van der Waals surface area contributed by atoms with Gasteiger partial charge in [0.25, 0.3) is 0 Å². The normalized spacial score (nSPS) is 12.0. The summed E-state index contributed by atoms with van der Waals surface area (Å²) in [5.41, 5.74) is -0.423. The van der Waals surface area contributed by atoms with Crippen molar-refractivity contribution in [2.45, 2.75) is 14.7 Å². The monoisotopic (exact) mass is 433 g/mol. The van der Waals surface area contributed by atoms with E-state index in [1.54, 1.807) is 6.07 Å². The molecule has 0 radical (unpaired) electrons. The van der Waals surface area contributed by atoms with Crippen molar-refractivity contribution in [2.24, 2.45) is 5.14 Å². The summed E-state index contributed by atoms with van der Waals surface area (Å²) in [7, 11) is -7.19. The molecule has 0 saturated carbocycles. The lowest BCUT2D eigenvalue weighted by Gasteiger charge is -2.12. The van der Waals surface area contributed by atoms with E-state index >= 15 is 0 Å². The van der Waals surface area contributed by atoms with Crippen molar-refractivity contribution in [1.82, 2.24) is 0 Å². The van der Waals surface area contributed by atoms with Crippen molar-refractivity contribution in [3.63, 3.8) is 0 Å². The number of carbonyl (C=O) groups excluding carboxylic acids is 1. The predicted molar refractivity (Wildman–Crippen MR) is 88.7 cm³/mol. The van der Waals surface area contributed by atoms with Crippen LogP contribution in [-0.4, -0.2) is 29.9 Å². The second-order valence-corrected chi connectivity index (χ2v) is 8.93. The molecule has 2 rings (SSSR count). The topological polar surface area (TPSA) is 121 Å². The van der Waals surface area contributed by atoms with E-state index in [0.717, 1.165) is 19.2 Å². The van der Waals surface area contributed by atoms with Gasteiger partial charge in [-0.1, -0.05) is 18.2 Å². The molecule has 0 aliphatic carbocycles. The Balaban J connectivity index is 2.84. The highest BCUT2D eigenvalue weighted by Gasteiger charge is 2.28. The summed E-state index contributed by atoms with van der Waals surface area (Å²) < 4.78 is 53.2. The molecule has 0 atom stereocenters. The summed E-state index contributed by atoms with van der Waals surface area (Å²) in [6.07, 6.45) is 0. The Hall–Kier alpha value is -1.75. The van der Waals surface area contributed by atoms with Gasteiger partial charge in [-0.25, -0.2) is 26.8 Å². The van der Waals surface area contributed by atoms with Crippen LogP contribution in [0.25, 0.3) is 0 Å². The number of primary sulfonamides is 1. The van der Waals surface area contributed by atoms with Crippen molar-refractivity contribution in [2.75, 3.05) is 7.11 Å². The first-order valence-corrected chi connectivity index (χ1v) is 10.2. The molecule has 7 nitrogen and oxygen atoms in total.